The fraction of sp³-hybridized carbons (Fsp3) is 1.00. The van der Waals surface area contributed by atoms with Crippen molar-refractivity contribution in [2.45, 2.75) is 37.6 Å². The molecule has 0 aromatic rings. The zero-order chi connectivity index (χ0) is 12.3. The minimum Gasteiger partial charge on any atom is -0.308 e. The molecule has 100 valence electrons. The van der Waals surface area contributed by atoms with E-state index in [0.717, 1.165) is 0 Å². The van der Waals surface area contributed by atoms with Gasteiger partial charge >= 0.3 is 0 Å². The van der Waals surface area contributed by atoms with Crippen LogP contribution in [0.4, 0.5) is 0 Å². The second-order valence-corrected chi connectivity index (χ2v) is 6.31. The van der Waals surface area contributed by atoms with Gasteiger partial charge in [0.15, 0.2) is 0 Å². The van der Waals surface area contributed by atoms with Crippen LogP contribution in [0.2, 0.25) is 0 Å². The van der Waals surface area contributed by atoms with Gasteiger partial charge in [0.1, 0.15) is 0 Å². The molecule has 2 aliphatic rings. The maximum atomic E-state index is 2.80. The third-order valence-electron chi connectivity index (χ3n) is 4.57. The number of rotatable bonds is 3. The summed E-state index contributed by atoms with van der Waals surface area (Å²) in [6, 6.07) is 0. The lowest BCUT2D eigenvalue weighted by molar-refractivity contribution is -0.00221. The van der Waals surface area contributed by atoms with E-state index in [1.165, 1.54) is 64.8 Å². The molecule has 0 N–H and O–H groups in total. The van der Waals surface area contributed by atoms with Crippen molar-refractivity contribution in [3.05, 3.63) is 0 Å². The number of hydrogen-bond acceptors (Lipinski definition) is 3. The summed E-state index contributed by atoms with van der Waals surface area (Å²) in [4.78, 5) is 7.65. The molecule has 0 aromatic carbocycles. The molecule has 0 bridgehead atoms. The zero-order valence-corrected chi connectivity index (χ0v) is 11.9. The Kier molecular flexibility index (Phi) is 4.45. The van der Waals surface area contributed by atoms with Crippen molar-refractivity contribution < 1.29 is 0 Å². The predicted molar refractivity (Wildman–Crippen MR) is 73.4 cm³/mol. The monoisotopic (exact) mass is 239 g/mol. The first-order valence-corrected chi connectivity index (χ1v) is 7.21. The van der Waals surface area contributed by atoms with E-state index in [2.05, 4.69) is 35.8 Å². The molecule has 2 fully saturated rings. The summed E-state index contributed by atoms with van der Waals surface area (Å²) in [5.41, 5.74) is 0.489. The zero-order valence-electron chi connectivity index (χ0n) is 11.9. The second kappa shape index (κ2) is 5.68. The van der Waals surface area contributed by atoms with Crippen LogP contribution in [0.5, 0.6) is 0 Å². The summed E-state index contributed by atoms with van der Waals surface area (Å²) in [5.74, 6) is 0. The van der Waals surface area contributed by atoms with Crippen molar-refractivity contribution >= 4 is 0 Å². The smallest absolute Gasteiger partial charge is 0.0337 e. The van der Waals surface area contributed by atoms with Gasteiger partial charge in [0, 0.05) is 38.3 Å². The Bertz CT molecular complexity index is 226. The summed E-state index contributed by atoms with van der Waals surface area (Å²) in [6.07, 6.45) is 7.13. The van der Waals surface area contributed by atoms with Gasteiger partial charge in [0.25, 0.3) is 0 Å². The highest BCUT2D eigenvalue weighted by molar-refractivity contribution is 4.96. The lowest BCUT2D eigenvalue weighted by Crippen LogP contribution is -2.60. The summed E-state index contributed by atoms with van der Waals surface area (Å²) < 4.78 is 0. The van der Waals surface area contributed by atoms with Gasteiger partial charge in [-0.15, -0.1) is 0 Å². The number of nitrogens with zero attached hydrogens (tertiary/aromatic N) is 3. The first-order valence-electron chi connectivity index (χ1n) is 7.21. The summed E-state index contributed by atoms with van der Waals surface area (Å²) >= 11 is 0. The van der Waals surface area contributed by atoms with Crippen LogP contribution in [-0.4, -0.2) is 74.1 Å². The van der Waals surface area contributed by atoms with Crippen LogP contribution in [0.1, 0.15) is 32.1 Å². The maximum absolute atomic E-state index is 2.80. The fourth-order valence-electron chi connectivity index (χ4n) is 3.65. The van der Waals surface area contributed by atoms with Crippen molar-refractivity contribution in [2.75, 3.05) is 53.9 Å². The molecule has 3 heteroatoms. The van der Waals surface area contributed by atoms with Crippen molar-refractivity contribution in [3.63, 3.8) is 0 Å². The molecule has 1 saturated heterocycles. The Hall–Kier alpha value is -0.120. The predicted octanol–water partition coefficient (Wildman–Crippen LogP) is 1.50. The Morgan fingerprint density at radius 2 is 1.53 bits per heavy atom. The van der Waals surface area contributed by atoms with Gasteiger partial charge in [-0.2, -0.15) is 0 Å². The summed E-state index contributed by atoms with van der Waals surface area (Å²) in [6.45, 7) is 6.27. The van der Waals surface area contributed by atoms with Gasteiger partial charge < -0.3 is 9.80 Å². The van der Waals surface area contributed by atoms with E-state index in [0.29, 0.717) is 5.54 Å². The Morgan fingerprint density at radius 3 is 2.06 bits per heavy atom. The van der Waals surface area contributed by atoms with Crippen molar-refractivity contribution in [1.82, 2.24) is 14.7 Å². The van der Waals surface area contributed by atoms with Crippen molar-refractivity contribution in [1.29, 1.82) is 0 Å². The molecule has 1 aliphatic carbocycles. The Morgan fingerprint density at radius 1 is 0.941 bits per heavy atom. The lowest BCUT2D eigenvalue weighted by Gasteiger charge is -2.50. The Balaban J connectivity index is 2.03. The largest absolute Gasteiger partial charge is 0.308 e. The molecule has 0 amide bonds. The van der Waals surface area contributed by atoms with E-state index in [9.17, 15) is 0 Å². The molecule has 3 nitrogen and oxygen atoms in total. The highest BCUT2D eigenvalue weighted by Gasteiger charge is 2.39. The van der Waals surface area contributed by atoms with E-state index < -0.39 is 0 Å². The molecule has 1 aliphatic heterocycles. The summed E-state index contributed by atoms with van der Waals surface area (Å²) in [7, 11) is 6.70. The third-order valence-corrected chi connectivity index (χ3v) is 4.57. The van der Waals surface area contributed by atoms with Crippen LogP contribution >= 0.6 is 0 Å². The number of likely N-dealkylation sites (N-methyl/N-ethyl adjacent to an activating group) is 2. The Labute approximate surface area is 107 Å². The van der Waals surface area contributed by atoms with Crippen molar-refractivity contribution in [3.8, 4) is 0 Å². The average Bonchev–Trinajstić information content (AvgIpc) is 2.30. The second-order valence-electron chi connectivity index (χ2n) is 6.31. The average molecular weight is 239 g/mol. The van der Waals surface area contributed by atoms with Crippen LogP contribution in [0.3, 0.4) is 0 Å². The minimum absolute atomic E-state index is 0.489. The lowest BCUT2D eigenvalue weighted by atomic mass is 9.79. The molecule has 0 unspecified atom stereocenters. The van der Waals surface area contributed by atoms with Gasteiger partial charge in [0.2, 0.25) is 0 Å². The van der Waals surface area contributed by atoms with Crippen LogP contribution in [0.15, 0.2) is 0 Å². The maximum Gasteiger partial charge on any atom is 0.0337 e. The van der Waals surface area contributed by atoms with E-state index in [-0.39, 0.29) is 0 Å². The molecule has 2 rings (SSSR count). The molecule has 1 saturated carbocycles. The molecular weight excluding hydrogens is 210 g/mol. The van der Waals surface area contributed by atoms with E-state index in [4.69, 9.17) is 0 Å². The van der Waals surface area contributed by atoms with Gasteiger partial charge in [-0.1, -0.05) is 19.3 Å². The first-order chi connectivity index (χ1) is 8.12. The normalized spacial score (nSPS) is 27.5. The quantitative estimate of drug-likeness (QED) is 0.739. The molecule has 0 aromatic heterocycles. The van der Waals surface area contributed by atoms with Gasteiger partial charge in [-0.25, -0.2) is 0 Å². The third kappa shape index (κ3) is 3.21. The minimum atomic E-state index is 0.489. The topological polar surface area (TPSA) is 9.72 Å². The highest BCUT2D eigenvalue weighted by atomic mass is 15.3. The summed E-state index contributed by atoms with van der Waals surface area (Å²) in [5, 5.41) is 0. The number of hydrogen-bond donors (Lipinski definition) is 0. The highest BCUT2D eigenvalue weighted by Crippen LogP contribution is 2.34. The van der Waals surface area contributed by atoms with Crippen LogP contribution < -0.4 is 0 Å². The molecule has 0 radical (unpaired) electrons. The van der Waals surface area contributed by atoms with E-state index in [1.54, 1.807) is 0 Å². The molecular formula is C14H29N3. The van der Waals surface area contributed by atoms with Crippen molar-refractivity contribution in [2.24, 2.45) is 0 Å². The van der Waals surface area contributed by atoms with Gasteiger partial charge in [-0.05, 0) is 34.0 Å². The van der Waals surface area contributed by atoms with Crippen LogP contribution in [0, 0.1) is 0 Å². The van der Waals surface area contributed by atoms with Crippen LogP contribution in [-0.2, 0) is 0 Å². The molecule has 0 atom stereocenters. The van der Waals surface area contributed by atoms with E-state index in [1.807, 2.05) is 0 Å². The molecule has 17 heavy (non-hydrogen) atoms. The number of piperazine rings is 1. The standard InChI is InChI=1S/C14H29N3/c1-15(2)13-14(7-5-4-6-8-14)17-11-9-16(3)10-12-17/h4-13H2,1-3H3. The van der Waals surface area contributed by atoms with Crippen LogP contribution in [0.25, 0.3) is 0 Å². The SMILES string of the molecule is CN(C)CC1(N2CCN(C)CC2)CCCCC1. The molecule has 0 spiro atoms. The molecule has 1 heterocycles. The van der Waals surface area contributed by atoms with E-state index >= 15 is 0 Å². The first kappa shape index (κ1) is 13.3. The van der Waals surface area contributed by atoms with Gasteiger partial charge in [0.05, 0.1) is 0 Å². The van der Waals surface area contributed by atoms with Gasteiger partial charge in [-0.3, -0.25) is 4.90 Å². The fourth-order valence-corrected chi connectivity index (χ4v) is 3.65.